The summed E-state index contributed by atoms with van der Waals surface area (Å²) in [6.07, 6.45) is 20.6. The maximum atomic E-state index is 7.40. The van der Waals surface area contributed by atoms with Crippen LogP contribution in [0, 0.1) is 35.5 Å². The zero-order chi connectivity index (χ0) is 20.2. The van der Waals surface area contributed by atoms with E-state index in [0.717, 1.165) is 47.6 Å². The van der Waals surface area contributed by atoms with Crippen molar-refractivity contribution in [3.05, 3.63) is 0 Å². The quantitative estimate of drug-likeness (QED) is 0.546. The number of ether oxygens (including phenoxy) is 2. The molecule has 0 aromatic rings. The zero-order valence-electron chi connectivity index (χ0n) is 19.3. The van der Waals surface area contributed by atoms with Crippen molar-refractivity contribution in [3.63, 3.8) is 0 Å². The molecule has 1 spiro atoms. The molecule has 8 rings (SSSR count). The van der Waals surface area contributed by atoms with Gasteiger partial charge in [0.2, 0.25) is 0 Å². The minimum atomic E-state index is -0.520. The van der Waals surface area contributed by atoms with E-state index in [0.29, 0.717) is 12.2 Å². The molecule has 4 aliphatic heterocycles. The van der Waals surface area contributed by atoms with E-state index in [9.17, 15) is 0 Å². The Balaban J connectivity index is 1.25. The Bertz CT molecular complexity index is 668. The van der Waals surface area contributed by atoms with E-state index in [1.54, 1.807) is 0 Å². The number of hydrogen-bond acceptors (Lipinski definition) is 4. The average Bonchev–Trinajstić information content (AvgIpc) is 2.82. The molecule has 172 valence electrons. The molecule has 4 saturated heterocycles. The molecular weight excluding hydrogens is 384 g/mol. The van der Waals surface area contributed by atoms with Crippen LogP contribution in [0.2, 0.25) is 0 Å². The number of hydrogen-bond donors (Lipinski definition) is 0. The Labute approximate surface area is 188 Å². The van der Waals surface area contributed by atoms with Gasteiger partial charge in [-0.15, -0.1) is 0 Å². The van der Waals surface area contributed by atoms with Crippen LogP contribution < -0.4 is 0 Å². The molecule has 0 N–H and O–H groups in total. The fourth-order valence-corrected chi connectivity index (χ4v) is 10.7. The van der Waals surface area contributed by atoms with Crippen LogP contribution in [0.3, 0.4) is 0 Å². The predicted molar refractivity (Wildman–Crippen MR) is 119 cm³/mol. The van der Waals surface area contributed by atoms with Gasteiger partial charge in [0.15, 0.2) is 0 Å². The fraction of sp³-hybridized carbons (Fsp3) is 1.00. The number of fused-ring (bicyclic) bond motifs is 2. The third-order valence-electron chi connectivity index (χ3n) is 11.6. The van der Waals surface area contributed by atoms with E-state index in [1.807, 2.05) is 0 Å². The third kappa shape index (κ3) is 2.52. The van der Waals surface area contributed by atoms with Crippen molar-refractivity contribution >= 4 is 0 Å². The second-order valence-electron chi connectivity index (χ2n) is 12.7. The molecular formula is C27H42N2O2. The van der Waals surface area contributed by atoms with Crippen molar-refractivity contribution in [2.24, 2.45) is 35.5 Å². The first kappa shape index (κ1) is 19.2. The molecule has 0 bridgehead atoms. The van der Waals surface area contributed by atoms with Crippen molar-refractivity contribution in [3.8, 4) is 0 Å². The molecule has 31 heavy (non-hydrogen) atoms. The highest BCUT2D eigenvalue weighted by Gasteiger charge is 2.68. The van der Waals surface area contributed by atoms with E-state index in [2.05, 4.69) is 9.80 Å². The summed E-state index contributed by atoms with van der Waals surface area (Å²) >= 11 is 0. The zero-order valence-corrected chi connectivity index (χ0v) is 19.3. The van der Waals surface area contributed by atoms with Crippen LogP contribution >= 0.6 is 0 Å². The molecule has 4 nitrogen and oxygen atoms in total. The lowest BCUT2D eigenvalue weighted by Gasteiger charge is -2.71. The van der Waals surface area contributed by atoms with E-state index in [4.69, 9.17) is 9.47 Å². The molecule has 0 aromatic carbocycles. The lowest BCUT2D eigenvalue weighted by molar-refractivity contribution is -0.496. The molecule has 0 radical (unpaired) electrons. The van der Waals surface area contributed by atoms with Crippen LogP contribution in [-0.2, 0) is 9.47 Å². The summed E-state index contributed by atoms with van der Waals surface area (Å²) in [4.78, 5) is 5.72. The number of nitrogens with zero attached hydrogens (tertiary/aromatic N) is 2. The van der Waals surface area contributed by atoms with Gasteiger partial charge in [0.05, 0.1) is 12.2 Å². The van der Waals surface area contributed by atoms with Crippen LogP contribution in [0.1, 0.15) is 89.9 Å². The van der Waals surface area contributed by atoms with Gasteiger partial charge >= 0.3 is 0 Å². The maximum absolute atomic E-state index is 7.40. The Morgan fingerprint density at radius 2 is 0.935 bits per heavy atom. The molecule has 4 heteroatoms. The second kappa shape index (κ2) is 6.93. The molecule has 4 heterocycles. The lowest BCUT2D eigenvalue weighted by atomic mass is 9.59. The van der Waals surface area contributed by atoms with Gasteiger partial charge in [-0.2, -0.15) is 0 Å². The predicted octanol–water partition coefficient (Wildman–Crippen LogP) is 4.98. The van der Waals surface area contributed by atoms with E-state index >= 15 is 0 Å². The summed E-state index contributed by atoms with van der Waals surface area (Å²) in [6, 6.07) is 0.936. The normalized spacial score (nSPS) is 58.5. The molecule has 0 aromatic heterocycles. The second-order valence-corrected chi connectivity index (χ2v) is 12.7. The van der Waals surface area contributed by atoms with E-state index < -0.39 is 6.03 Å². The Morgan fingerprint density at radius 1 is 0.484 bits per heavy atom. The summed E-state index contributed by atoms with van der Waals surface area (Å²) < 4.78 is 14.8. The Morgan fingerprint density at radius 3 is 1.45 bits per heavy atom. The average molecular weight is 427 g/mol. The van der Waals surface area contributed by atoms with E-state index in [1.165, 1.54) is 103 Å². The highest BCUT2D eigenvalue weighted by atomic mass is 16.8. The van der Waals surface area contributed by atoms with Gasteiger partial charge in [-0.25, -0.2) is 9.80 Å². The summed E-state index contributed by atoms with van der Waals surface area (Å²) in [7, 11) is 0. The summed E-state index contributed by atoms with van der Waals surface area (Å²) in [6.45, 7) is 2.40. The molecule has 0 amide bonds. The summed E-state index contributed by atoms with van der Waals surface area (Å²) in [5, 5.41) is 0. The Kier molecular flexibility index (Phi) is 4.29. The molecule has 4 saturated carbocycles. The lowest BCUT2D eigenvalue weighted by Crippen LogP contribution is -2.82. The van der Waals surface area contributed by atoms with Crippen molar-refractivity contribution in [2.45, 2.75) is 120 Å². The Hall–Kier alpha value is -0.160. The van der Waals surface area contributed by atoms with Gasteiger partial charge in [-0.3, -0.25) is 0 Å². The third-order valence-corrected chi connectivity index (χ3v) is 11.6. The minimum absolute atomic E-state index is 0.445. The largest absolute Gasteiger partial charge is 0.321 e. The molecule has 4 aliphatic carbocycles. The van der Waals surface area contributed by atoms with Gasteiger partial charge in [-0.1, -0.05) is 12.8 Å². The monoisotopic (exact) mass is 426 g/mol. The molecule has 10 atom stereocenters. The van der Waals surface area contributed by atoms with Crippen molar-refractivity contribution < 1.29 is 9.47 Å². The first-order chi connectivity index (χ1) is 15.3. The highest BCUT2D eigenvalue weighted by Crippen LogP contribution is 2.60. The van der Waals surface area contributed by atoms with Crippen LogP contribution in [-0.4, -0.2) is 53.2 Å². The van der Waals surface area contributed by atoms with Gasteiger partial charge in [-0.05, 0) is 101 Å². The van der Waals surface area contributed by atoms with E-state index in [-0.39, 0.29) is 0 Å². The highest BCUT2D eigenvalue weighted by molar-refractivity contribution is 5.11. The van der Waals surface area contributed by atoms with Crippen LogP contribution in [0.25, 0.3) is 0 Å². The molecule has 8 aliphatic rings. The van der Waals surface area contributed by atoms with Crippen molar-refractivity contribution in [1.29, 1.82) is 0 Å². The van der Waals surface area contributed by atoms with Gasteiger partial charge in [0.1, 0.15) is 0 Å². The topological polar surface area (TPSA) is 24.9 Å². The SMILES string of the molecule is C1CC2CCC3CCCN4C3C2C(C1)OC41OC2CCCC3CCC4CCCN1C4C32. The first-order valence-corrected chi connectivity index (χ1v) is 14.2. The fourth-order valence-electron chi connectivity index (χ4n) is 10.7. The number of rotatable bonds is 0. The van der Waals surface area contributed by atoms with Crippen LogP contribution in [0.4, 0.5) is 0 Å². The van der Waals surface area contributed by atoms with Gasteiger partial charge in [0.25, 0.3) is 6.03 Å². The first-order valence-electron chi connectivity index (χ1n) is 14.2. The minimum Gasteiger partial charge on any atom is -0.321 e. The van der Waals surface area contributed by atoms with Crippen LogP contribution in [0.15, 0.2) is 0 Å². The number of piperidine rings is 2. The van der Waals surface area contributed by atoms with Gasteiger partial charge < -0.3 is 9.47 Å². The summed E-state index contributed by atoms with van der Waals surface area (Å²) in [5.41, 5.74) is 0. The summed E-state index contributed by atoms with van der Waals surface area (Å²) in [5.74, 6) is 5.18. The van der Waals surface area contributed by atoms with Crippen LogP contribution in [0.5, 0.6) is 0 Å². The van der Waals surface area contributed by atoms with Crippen molar-refractivity contribution in [2.75, 3.05) is 13.1 Å². The van der Waals surface area contributed by atoms with Gasteiger partial charge in [0, 0.05) is 37.0 Å². The molecule has 8 fully saturated rings. The smallest absolute Gasteiger partial charge is 0.298 e. The standard InChI is InChI=1S/C27H42N2O2/c1-5-17-11-13-19-7-3-15-28-25(19)23(17)21(9-1)30-27(28)29-16-4-8-20-14-12-18-6-2-10-22(31-27)24(18)26(20)29/h17-26H,1-16H2. The maximum Gasteiger partial charge on any atom is 0.298 e. The molecule has 10 unspecified atom stereocenters. The van der Waals surface area contributed by atoms with Crippen molar-refractivity contribution in [1.82, 2.24) is 9.80 Å².